The van der Waals surface area contributed by atoms with Crippen LogP contribution < -0.4 is 0 Å². The van der Waals surface area contributed by atoms with E-state index in [0.717, 1.165) is 6.07 Å². The summed E-state index contributed by atoms with van der Waals surface area (Å²) in [5, 5.41) is 10.8. The van der Waals surface area contributed by atoms with Crippen molar-refractivity contribution in [1.29, 1.82) is 0 Å². The smallest absolute Gasteiger partial charge is 0.310 e. The zero-order valence-electron chi connectivity index (χ0n) is 8.91. The average Bonchev–Trinajstić information content (AvgIpc) is 2.24. The minimum atomic E-state index is -0.600. The molecule has 0 spiro atoms. The molecule has 1 aromatic rings. The van der Waals surface area contributed by atoms with Crippen LogP contribution in [0.3, 0.4) is 0 Å². The minimum absolute atomic E-state index is 0.0418. The number of halogens is 2. The number of rotatable bonds is 4. The van der Waals surface area contributed by atoms with E-state index in [1.54, 1.807) is 6.92 Å². The second-order valence-electron chi connectivity index (χ2n) is 3.14. The van der Waals surface area contributed by atoms with Crippen molar-refractivity contribution in [3.63, 3.8) is 0 Å². The molecule has 17 heavy (non-hydrogen) atoms. The van der Waals surface area contributed by atoms with Crippen LogP contribution in [0.1, 0.15) is 12.5 Å². The van der Waals surface area contributed by atoms with E-state index in [0.29, 0.717) is 0 Å². The number of ether oxygens (including phenoxy) is 1. The first-order valence-electron chi connectivity index (χ1n) is 4.73. The Balaban J connectivity index is 3.05. The number of hydrogen-bond acceptors (Lipinski definition) is 4. The molecule has 0 N–H and O–H groups in total. The number of nitro benzene ring substituents is 1. The van der Waals surface area contributed by atoms with E-state index in [2.05, 4.69) is 0 Å². The molecular formula is C10H9Cl2NO4. The second-order valence-corrected chi connectivity index (χ2v) is 3.92. The summed E-state index contributed by atoms with van der Waals surface area (Å²) in [6.07, 6.45) is -0.145. The largest absolute Gasteiger partial charge is 0.466 e. The van der Waals surface area contributed by atoms with Crippen LogP contribution in [-0.4, -0.2) is 17.5 Å². The van der Waals surface area contributed by atoms with E-state index in [1.165, 1.54) is 6.07 Å². The molecule has 1 rings (SSSR count). The number of non-ortho nitro benzene ring substituents is 1. The predicted octanol–water partition coefficient (Wildman–Crippen LogP) is 3.01. The number of carbonyl (C=O) groups is 1. The molecule has 0 aliphatic heterocycles. The van der Waals surface area contributed by atoms with Gasteiger partial charge >= 0.3 is 5.97 Å². The van der Waals surface area contributed by atoms with Gasteiger partial charge in [0.25, 0.3) is 5.69 Å². The van der Waals surface area contributed by atoms with Gasteiger partial charge in [0.15, 0.2) is 0 Å². The Kier molecular flexibility index (Phi) is 4.72. The highest BCUT2D eigenvalue weighted by Gasteiger charge is 2.16. The van der Waals surface area contributed by atoms with Crippen molar-refractivity contribution in [2.75, 3.05) is 6.61 Å². The molecule has 92 valence electrons. The Labute approximate surface area is 107 Å². The molecule has 7 heteroatoms. The predicted molar refractivity (Wildman–Crippen MR) is 63.5 cm³/mol. The Morgan fingerprint density at radius 2 is 2.12 bits per heavy atom. The lowest BCUT2D eigenvalue weighted by atomic mass is 10.1. The highest BCUT2D eigenvalue weighted by Crippen LogP contribution is 2.31. The van der Waals surface area contributed by atoms with E-state index >= 15 is 0 Å². The summed E-state index contributed by atoms with van der Waals surface area (Å²) < 4.78 is 4.73. The van der Waals surface area contributed by atoms with Gasteiger partial charge in [-0.15, -0.1) is 0 Å². The first-order chi connectivity index (χ1) is 7.95. The SMILES string of the molecule is CCOC(=O)Cc1cc([N+](=O)[O-])cc(Cl)c1Cl. The maximum atomic E-state index is 11.3. The van der Waals surface area contributed by atoms with Crippen LogP contribution >= 0.6 is 23.2 Å². The lowest BCUT2D eigenvalue weighted by Crippen LogP contribution is -2.08. The Morgan fingerprint density at radius 1 is 1.47 bits per heavy atom. The normalized spacial score (nSPS) is 10.1. The van der Waals surface area contributed by atoms with Gasteiger partial charge in [0.1, 0.15) is 0 Å². The molecular weight excluding hydrogens is 269 g/mol. The molecule has 0 unspecified atom stereocenters. The number of benzene rings is 1. The van der Waals surface area contributed by atoms with Crippen LogP contribution in [0.25, 0.3) is 0 Å². The first-order valence-corrected chi connectivity index (χ1v) is 5.49. The summed E-state index contributed by atoms with van der Waals surface area (Å²) in [6.45, 7) is 1.90. The third-order valence-corrected chi connectivity index (χ3v) is 2.78. The average molecular weight is 278 g/mol. The molecule has 0 amide bonds. The zero-order chi connectivity index (χ0) is 13.0. The van der Waals surface area contributed by atoms with Crippen LogP contribution in [0.5, 0.6) is 0 Å². The Bertz CT molecular complexity index is 462. The van der Waals surface area contributed by atoms with Crippen molar-refractivity contribution in [3.05, 3.63) is 37.9 Å². The van der Waals surface area contributed by atoms with Crippen LogP contribution in [0.4, 0.5) is 5.69 Å². The fraction of sp³-hybridized carbons (Fsp3) is 0.300. The van der Waals surface area contributed by atoms with Gasteiger partial charge in [-0.25, -0.2) is 0 Å². The van der Waals surface area contributed by atoms with Crippen molar-refractivity contribution >= 4 is 34.9 Å². The van der Waals surface area contributed by atoms with Crippen molar-refractivity contribution in [2.45, 2.75) is 13.3 Å². The maximum Gasteiger partial charge on any atom is 0.310 e. The lowest BCUT2D eigenvalue weighted by Gasteiger charge is -2.05. The van der Waals surface area contributed by atoms with Crippen LogP contribution in [0, 0.1) is 10.1 Å². The first kappa shape index (κ1) is 13.7. The molecule has 1 aromatic carbocycles. The molecule has 0 aromatic heterocycles. The number of esters is 1. The highest BCUT2D eigenvalue weighted by atomic mass is 35.5. The van der Waals surface area contributed by atoms with Crippen molar-refractivity contribution < 1.29 is 14.5 Å². The molecule has 0 heterocycles. The van der Waals surface area contributed by atoms with Gasteiger partial charge in [0.05, 0.1) is 28.0 Å². The molecule has 0 aliphatic rings. The summed E-state index contributed by atoms with van der Waals surface area (Å²) in [5.41, 5.74) is 0.0722. The second kappa shape index (κ2) is 5.84. The minimum Gasteiger partial charge on any atom is -0.466 e. The number of nitrogens with zero attached hydrogens (tertiary/aromatic N) is 1. The zero-order valence-corrected chi connectivity index (χ0v) is 10.4. The summed E-state index contributed by atoms with van der Waals surface area (Å²) >= 11 is 11.6. The standard InChI is InChI=1S/C10H9Cl2NO4/c1-2-17-9(14)4-6-3-7(13(15)16)5-8(11)10(6)12/h3,5H,2,4H2,1H3. The van der Waals surface area contributed by atoms with E-state index in [9.17, 15) is 14.9 Å². The monoisotopic (exact) mass is 277 g/mol. The third-order valence-electron chi connectivity index (χ3n) is 1.94. The lowest BCUT2D eigenvalue weighted by molar-refractivity contribution is -0.384. The van der Waals surface area contributed by atoms with Crippen molar-refractivity contribution in [1.82, 2.24) is 0 Å². The molecule has 0 radical (unpaired) electrons. The van der Waals surface area contributed by atoms with Gasteiger partial charge in [-0.2, -0.15) is 0 Å². The van der Waals surface area contributed by atoms with Gasteiger partial charge in [0.2, 0.25) is 0 Å². The molecule has 0 bridgehead atoms. The van der Waals surface area contributed by atoms with Gasteiger partial charge in [0, 0.05) is 12.1 Å². The quantitative estimate of drug-likeness (QED) is 0.482. The van der Waals surface area contributed by atoms with E-state index < -0.39 is 10.9 Å². The number of nitro groups is 1. The fourth-order valence-electron chi connectivity index (χ4n) is 1.23. The van der Waals surface area contributed by atoms with Crippen LogP contribution in [0.2, 0.25) is 10.0 Å². The summed E-state index contributed by atoms with van der Waals surface area (Å²) in [7, 11) is 0. The van der Waals surface area contributed by atoms with Crippen molar-refractivity contribution in [3.8, 4) is 0 Å². The van der Waals surface area contributed by atoms with Gasteiger partial charge in [-0.05, 0) is 12.5 Å². The van der Waals surface area contributed by atoms with Gasteiger partial charge < -0.3 is 4.74 Å². The molecule has 0 saturated carbocycles. The topological polar surface area (TPSA) is 69.4 Å². The molecule has 5 nitrogen and oxygen atoms in total. The Morgan fingerprint density at radius 3 is 2.65 bits per heavy atom. The molecule has 0 aliphatic carbocycles. The summed E-state index contributed by atoms with van der Waals surface area (Å²) in [6, 6.07) is 2.35. The van der Waals surface area contributed by atoms with E-state index in [4.69, 9.17) is 27.9 Å². The van der Waals surface area contributed by atoms with E-state index in [1.807, 2.05) is 0 Å². The molecule has 0 saturated heterocycles. The van der Waals surface area contributed by atoms with Gasteiger partial charge in [-0.1, -0.05) is 23.2 Å². The molecule has 0 atom stereocenters. The highest BCUT2D eigenvalue weighted by molar-refractivity contribution is 6.42. The third kappa shape index (κ3) is 3.57. The summed E-state index contributed by atoms with van der Waals surface area (Å²) in [4.78, 5) is 21.3. The number of carbonyl (C=O) groups excluding carboxylic acids is 1. The van der Waals surface area contributed by atoms with Crippen LogP contribution in [-0.2, 0) is 16.0 Å². The maximum absolute atomic E-state index is 11.3. The van der Waals surface area contributed by atoms with Gasteiger partial charge in [-0.3, -0.25) is 14.9 Å². The number of hydrogen-bond donors (Lipinski definition) is 0. The summed E-state index contributed by atoms with van der Waals surface area (Å²) in [5.74, 6) is -0.508. The van der Waals surface area contributed by atoms with Crippen LogP contribution in [0.15, 0.2) is 12.1 Å². The van der Waals surface area contributed by atoms with Crippen molar-refractivity contribution in [2.24, 2.45) is 0 Å². The Hall–Kier alpha value is -1.33. The fourth-order valence-corrected chi connectivity index (χ4v) is 1.64. The molecule has 0 fully saturated rings. The van der Waals surface area contributed by atoms with E-state index in [-0.39, 0.29) is 34.3 Å².